The fourth-order valence-corrected chi connectivity index (χ4v) is 3.48. The number of pyridine rings is 1. The fraction of sp³-hybridized carbons (Fsp3) is 0.375. The maximum absolute atomic E-state index is 12.6. The molecular weight excluding hydrogens is 222 g/mol. The zero-order chi connectivity index (χ0) is 12.1. The predicted molar refractivity (Wildman–Crippen MR) is 70.4 cm³/mol. The lowest BCUT2D eigenvalue weighted by Crippen LogP contribution is -2.13. The van der Waals surface area contributed by atoms with Gasteiger partial charge in [0.2, 0.25) is 0 Å². The molecule has 2 heteroatoms. The molecule has 0 N–H and O–H groups in total. The number of ketones is 1. The minimum absolute atomic E-state index is 0.263. The van der Waals surface area contributed by atoms with Gasteiger partial charge in [-0.1, -0.05) is 18.2 Å². The first-order valence-electron chi connectivity index (χ1n) is 6.70. The highest BCUT2D eigenvalue weighted by Gasteiger charge is 2.48. The lowest BCUT2D eigenvalue weighted by atomic mass is 9.91. The highest BCUT2D eigenvalue weighted by molar-refractivity contribution is 6.09. The van der Waals surface area contributed by atoms with Crippen LogP contribution in [0.5, 0.6) is 0 Å². The number of fused-ring (bicyclic) bond motifs is 2. The Kier molecular flexibility index (Phi) is 2.07. The molecule has 2 aromatic rings. The molecule has 2 aliphatic rings. The summed E-state index contributed by atoms with van der Waals surface area (Å²) in [6.45, 7) is 0. The summed E-state index contributed by atoms with van der Waals surface area (Å²) in [6, 6.07) is 7.94. The van der Waals surface area contributed by atoms with Crippen molar-refractivity contribution in [1.82, 2.24) is 4.98 Å². The van der Waals surface area contributed by atoms with E-state index in [4.69, 9.17) is 0 Å². The second-order valence-corrected chi connectivity index (χ2v) is 5.69. The van der Waals surface area contributed by atoms with Crippen molar-refractivity contribution in [2.45, 2.75) is 19.3 Å². The van der Waals surface area contributed by atoms with Crippen molar-refractivity contribution in [3.8, 4) is 0 Å². The lowest BCUT2D eigenvalue weighted by Gasteiger charge is -2.12. The Hall–Kier alpha value is -1.70. The molecule has 0 spiro atoms. The molecule has 2 nitrogen and oxygen atoms in total. The molecular formula is C16H15NO. The molecule has 0 saturated heterocycles. The molecule has 2 fully saturated rings. The molecule has 1 aromatic heterocycles. The number of Topliss-reactive ketones (excluding diaryl/α,β-unsaturated/α-hetero) is 1. The summed E-state index contributed by atoms with van der Waals surface area (Å²) in [4.78, 5) is 16.8. The van der Waals surface area contributed by atoms with Crippen molar-refractivity contribution in [3.05, 3.63) is 42.2 Å². The third-order valence-corrected chi connectivity index (χ3v) is 4.56. The lowest BCUT2D eigenvalue weighted by molar-refractivity contribution is 0.0916. The number of carbonyl (C=O) groups excluding carboxylic acids is 1. The van der Waals surface area contributed by atoms with Crippen LogP contribution in [0.25, 0.3) is 10.8 Å². The molecule has 18 heavy (non-hydrogen) atoms. The van der Waals surface area contributed by atoms with E-state index in [1.54, 1.807) is 6.20 Å². The van der Waals surface area contributed by atoms with E-state index in [0.29, 0.717) is 5.78 Å². The summed E-state index contributed by atoms with van der Waals surface area (Å²) in [5.74, 6) is 2.31. The highest BCUT2D eigenvalue weighted by Crippen LogP contribution is 2.55. The summed E-state index contributed by atoms with van der Waals surface area (Å²) < 4.78 is 0. The van der Waals surface area contributed by atoms with Gasteiger partial charge >= 0.3 is 0 Å². The van der Waals surface area contributed by atoms with Crippen molar-refractivity contribution in [2.24, 2.45) is 17.8 Å². The molecule has 1 aromatic carbocycles. The molecule has 2 aliphatic carbocycles. The highest BCUT2D eigenvalue weighted by atomic mass is 16.1. The number of hydrogen-bond acceptors (Lipinski definition) is 2. The number of carbonyl (C=O) groups is 1. The fourth-order valence-electron chi connectivity index (χ4n) is 3.48. The van der Waals surface area contributed by atoms with Crippen LogP contribution in [0.15, 0.2) is 36.7 Å². The van der Waals surface area contributed by atoms with Gasteiger partial charge in [0.15, 0.2) is 5.78 Å². The SMILES string of the molecule is O=C(c1cccc2ccncc12)C1CC2CC2C1. The van der Waals surface area contributed by atoms with E-state index >= 15 is 0 Å². The molecule has 1 heterocycles. The van der Waals surface area contributed by atoms with Crippen LogP contribution in [-0.4, -0.2) is 10.8 Å². The zero-order valence-corrected chi connectivity index (χ0v) is 10.2. The number of hydrogen-bond donors (Lipinski definition) is 0. The number of rotatable bonds is 2. The largest absolute Gasteiger partial charge is 0.294 e. The summed E-state index contributed by atoms with van der Waals surface area (Å²) in [7, 11) is 0. The first-order valence-corrected chi connectivity index (χ1v) is 6.70. The van der Waals surface area contributed by atoms with Gasteiger partial charge in [0.05, 0.1) is 0 Å². The molecule has 2 unspecified atom stereocenters. The number of aromatic nitrogens is 1. The maximum atomic E-state index is 12.6. The van der Waals surface area contributed by atoms with Crippen LogP contribution in [0.2, 0.25) is 0 Å². The molecule has 0 aliphatic heterocycles. The molecule has 0 amide bonds. The van der Waals surface area contributed by atoms with Gasteiger partial charge < -0.3 is 0 Å². The van der Waals surface area contributed by atoms with Gasteiger partial charge in [-0.05, 0) is 42.6 Å². The van der Waals surface area contributed by atoms with E-state index in [-0.39, 0.29) is 5.92 Å². The minimum Gasteiger partial charge on any atom is -0.294 e. The third kappa shape index (κ3) is 1.48. The van der Waals surface area contributed by atoms with Crippen LogP contribution in [-0.2, 0) is 0 Å². The van der Waals surface area contributed by atoms with Gasteiger partial charge in [-0.25, -0.2) is 0 Å². The Labute approximate surface area is 106 Å². The second-order valence-electron chi connectivity index (χ2n) is 5.69. The van der Waals surface area contributed by atoms with E-state index in [1.165, 1.54) is 6.42 Å². The smallest absolute Gasteiger partial charge is 0.166 e. The van der Waals surface area contributed by atoms with Crippen molar-refractivity contribution < 1.29 is 4.79 Å². The molecule has 0 bridgehead atoms. The average molecular weight is 237 g/mol. The normalized spacial score (nSPS) is 29.2. The maximum Gasteiger partial charge on any atom is 0.166 e. The number of benzene rings is 1. The van der Waals surface area contributed by atoms with Crippen LogP contribution in [0.4, 0.5) is 0 Å². The Morgan fingerprint density at radius 3 is 2.78 bits per heavy atom. The molecule has 90 valence electrons. The van der Waals surface area contributed by atoms with Crippen LogP contribution >= 0.6 is 0 Å². The van der Waals surface area contributed by atoms with Crippen molar-refractivity contribution in [2.75, 3.05) is 0 Å². The topological polar surface area (TPSA) is 30.0 Å². The second kappa shape index (κ2) is 3.64. The van der Waals surface area contributed by atoms with Gasteiger partial charge in [0.1, 0.15) is 0 Å². The van der Waals surface area contributed by atoms with E-state index in [1.807, 2.05) is 30.5 Å². The van der Waals surface area contributed by atoms with Crippen molar-refractivity contribution in [1.29, 1.82) is 0 Å². The van der Waals surface area contributed by atoms with Crippen molar-refractivity contribution in [3.63, 3.8) is 0 Å². The van der Waals surface area contributed by atoms with E-state index in [0.717, 1.165) is 41.0 Å². The Balaban J connectivity index is 1.75. The monoisotopic (exact) mass is 237 g/mol. The molecule has 2 atom stereocenters. The van der Waals surface area contributed by atoms with Gasteiger partial charge in [0, 0.05) is 29.3 Å². The van der Waals surface area contributed by atoms with Gasteiger partial charge in [-0.3, -0.25) is 9.78 Å². The van der Waals surface area contributed by atoms with Crippen LogP contribution in [0.3, 0.4) is 0 Å². The minimum atomic E-state index is 0.263. The van der Waals surface area contributed by atoms with Gasteiger partial charge in [-0.15, -0.1) is 0 Å². The van der Waals surface area contributed by atoms with Gasteiger partial charge in [-0.2, -0.15) is 0 Å². The summed E-state index contributed by atoms with van der Waals surface area (Å²) in [5, 5.41) is 2.12. The van der Waals surface area contributed by atoms with Crippen LogP contribution in [0, 0.1) is 17.8 Å². The molecule has 4 rings (SSSR count). The van der Waals surface area contributed by atoms with Gasteiger partial charge in [0.25, 0.3) is 0 Å². The van der Waals surface area contributed by atoms with E-state index < -0.39 is 0 Å². The Morgan fingerprint density at radius 2 is 1.94 bits per heavy atom. The quantitative estimate of drug-likeness (QED) is 0.749. The van der Waals surface area contributed by atoms with Crippen LogP contribution < -0.4 is 0 Å². The third-order valence-electron chi connectivity index (χ3n) is 4.56. The standard InChI is InChI=1S/C16H15NO/c18-16(13-7-11-6-12(11)8-13)14-3-1-2-10-4-5-17-9-15(10)14/h1-5,9,11-13H,6-8H2. The zero-order valence-electron chi connectivity index (χ0n) is 10.2. The first-order chi connectivity index (χ1) is 8.83. The van der Waals surface area contributed by atoms with E-state index in [2.05, 4.69) is 4.98 Å². The predicted octanol–water partition coefficient (Wildman–Crippen LogP) is 3.46. The summed E-state index contributed by atoms with van der Waals surface area (Å²) in [6.07, 6.45) is 7.18. The van der Waals surface area contributed by atoms with Crippen molar-refractivity contribution >= 4 is 16.6 Å². The molecule has 0 radical (unpaired) electrons. The summed E-state index contributed by atoms with van der Waals surface area (Å²) >= 11 is 0. The summed E-state index contributed by atoms with van der Waals surface area (Å²) in [5.41, 5.74) is 0.868. The van der Waals surface area contributed by atoms with Crippen LogP contribution in [0.1, 0.15) is 29.6 Å². The van der Waals surface area contributed by atoms with E-state index in [9.17, 15) is 4.79 Å². The Bertz CT molecular complexity index is 619. The average Bonchev–Trinajstić information content (AvgIpc) is 3.04. The first kappa shape index (κ1) is 10.2. The molecule has 2 saturated carbocycles. The Morgan fingerprint density at radius 1 is 1.11 bits per heavy atom. The number of nitrogens with zero attached hydrogens (tertiary/aromatic N) is 1.